The molecule has 0 spiro atoms. The SMILES string of the molecule is CCCc1cc(C2CCCN2Cc2cn[nH]c2-c2ccc(OCC)cc2)no1. The predicted molar refractivity (Wildman–Crippen MR) is 108 cm³/mol. The normalized spacial score (nSPS) is 17.3. The monoisotopic (exact) mass is 380 g/mol. The topological polar surface area (TPSA) is 67.2 Å². The van der Waals surface area contributed by atoms with E-state index in [-0.39, 0.29) is 0 Å². The van der Waals surface area contributed by atoms with Crippen LogP contribution in [0.5, 0.6) is 5.75 Å². The van der Waals surface area contributed by atoms with Crippen molar-refractivity contribution in [3.63, 3.8) is 0 Å². The molecule has 1 atom stereocenters. The summed E-state index contributed by atoms with van der Waals surface area (Å²) in [4.78, 5) is 2.48. The number of aromatic amines is 1. The molecule has 28 heavy (non-hydrogen) atoms. The third kappa shape index (κ3) is 3.97. The van der Waals surface area contributed by atoms with E-state index in [4.69, 9.17) is 9.26 Å². The van der Waals surface area contributed by atoms with E-state index in [2.05, 4.69) is 45.4 Å². The van der Waals surface area contributed by atoms with Gasteiger partial charge in [-0.3, -0.25) is 10.00 Å². The molecule has 3 heterocycles. The minimum atomic E-state index is 0.317. The molecule has 0 amide bonds. The lowest BCUT2D eigenvalue weighted by Crippen LogP contribution is -2.23. The Morgan fingerprint density at radius 2 is 2.11 bits per heavy atom. The van der Waals surface area contributed by atoms with Crippen molar-refractivity contribution in [3.05, 3.63) is 53.5 Å². The van der Waals surface area contributed by atoms with Gasteiger partial charge in [-0.2, -0.15) is 5.10 Å². The van der Waals surface area contributed by atoms with Crippen LogP contribution in [0.2, 0.25) is 0 Å². The Morgan fingerprint density at radius 1 is 1.25 bits per heavy atom. The van der Waals surface area contributed by atoms with E-state index < -0.39 is 0 Å². The van der Waals surface area contributed by atoms with Gasteiger partial charge in [0.25, 0.3) is 0 Å². The van der Waals surface area contributed by atoms with Gasteiger partial charge in [0, 0.05) is 30.2 Å². The first-order valence-corrected chi connectivity index (χ1v) is 10.2. The molecule has 0 aliphatic carbocycles. The highest BCUT2D eigenvalue weighted by molar-refractivity contribution is 5.63. The third-order valence-corrected chi connectivity index (χ3v) is 5.32. The average molecular weight is 380 g/mol. The van der Waals surface area contributed by atoms with Crippen LogP contribution in [-0.2, 0) is 13.0 Å². The molecule has 2 aromatic heterocycles. The summed E-state index contributed by atoms with van der Waals surface area (Å²) in [5, 5.41) is 11.8. The summed E-state index contributed by atoms with van der Waals surface area (Å²) < 4.78 is 11.1. The smallest absolute Gasteiger partial charge is 0.137 e. The zero-order valence-electron chi connectivity index (χ0n) is 16.6. The fourth-order valence-electron chi connectivity index (χ4n) is 3.98. The van der Waals surface area contributed by atoms with Crippen LogP contribution < -0.4 is 4.74 Å². The fraction of sp³-hybridized carbons (Fsp3) is 0.455. The van der Waals surface area contributed by atoms with E-state index in [1.165, 1.54) is 12.0 Å². The second-order valence-corrected chi connectivity index (χ2v) is 7.32. The number of aryl methyl sites for hydroxylation is 1. The van der Waals surface area contributed by atoms with Gasteiger partial charge in [0.2, 0.25) is 0 Å². The maximum atomic E-state index is 5.55. The standard InChI is InChI=1S/C22H28N4O2/c1-3-6-19-13-20(25-28-19)21-7-5-12-26(21)15-17-14-23-24-22(17)16-8-10-18(11-9-16)27-4-2/h8-11,13-14,21H,3-7,12,15H2,1-2H3,(H,23,24). The van der Waals surface area contributed by atoms with Gasteiger partial charge in [-0.05, 0) is 57.0 Å². The third-order valence-electron chi connectivity index (χ3n) is 5.32. The number of likely N-dealkylation sites (tertiary alicyclic amines) is 1. The van der Waals surface area contributed by atoms with Crippen molar-refractivity contribution >= 4 is 0 Å². The maximum Gasteiger partial charge on any atom is 0.137 e. The number of hydrogen-bond donors (Lipinski definition) is 1. The highest BCUT2D eigenvalue weighted by atomic mass is 16.5. The van der Waals surface area contributed by atoms with E-state index in [0.717, 1.165) is 60.8 Å². The van der Waals surface area contributed by atoms with Crippen LogP contribution in [0.3, 0.4) is 0 Å². The van der Waals surface area contributed by atoms with Gasteiger partial charge in [0.1, 0.15) is 17.2 Å². The van der Waals surface area contributed by atoms with Crippen LogP contribution in [0.25, 0.3) is 11.3 Å². The Kier molecular flexibility index (Phi) is 5.76. The van der Waals surface area contributed by atoms with Crippen molar-refractivity contribution in [2.45, 2.75) is 52.1 Å². The summed E-state index contributed by atoms with van der Waals surface area (Å²) in [7, 11) is 0. The molecule has 1 saturated heterocycles. The van der Waals surface area contributed by atoms with Gasteiger partial charge in [-0.25, -0.2) is 0 Å². The Hall–Kier alpha value is -2.60. The van der Waals surface area contributed by atoms with Crippen molar-refractivity contribution < 1.29 is 9.26 Å². The average Bonchev–Trinajstić information content (AvgIpc) is 3.44. The summed E-state index contributed by atoms with van der Waals surface area (Å²) in [5.41, 5.74) is 4.46. The molecule has 4 rings (SSSR count). The largest absolute Gasteiger partial charge is 0.494 e. The minimum absolute atomic E-state index is 0.317. The van der Waals surface area contributed by atoms with Crippen LogP contribution in [-0.4, -0.2) is 33.4 Å². The van der Waals surface area contributed by atoms with Crippen molar-refractivity contribution in [2.75, 3.05) is 13.2 Å². The first kappa shape index (κ1) is 18.7. The number of nitrogens with zero attached hydrogens (tertiary/aromatic N) is 3. The van der Waals surface area contributed by atoms with Crippen molar-refractivity contribution in [1.82, 2.24) is 20.3 Å². The molecule has 6 heteroatoms. The van der Waals surface area contributed by atoms with Gasteiger partial charge in [0.15, 0.2) is 0 Å². The van der Waals surface area contributed by atoms with Crippen molar-refractivity contribution in [3.8, 4) is 17.0 Å². The molecule has 0 saturated carbocycles. The molecule has 6 nitrogen and oxygen atoms in total. The summed E-state index contributed by atoms with van der Waals surface area (Å²) in [5.74, 6) is 1.88. The number of benzene rings is 1. The highest BCUT2D eigenvalue weighted by Gasteiger charge is 2.29. The van der Waals surface area contributed by atoms with Crippen molar-refractivity contribution in [2.24, 2.45) is 0 Å². The van der Waals surface area contributed by atoms with Gasteiger partial charge in [-0.1, -0.05) is 12.1 Å². The second kappa shape index (κ2) is 8.61. The first-order valence-electron chi connectivity index (χ1n) is 10.2. The Labute approximate surface area is 165 Å². The second-order valence-electron chi connectivity index (χ2n) is 7.32. The zero-order valence-corrected chi connectivity index (χ0v) is 16.6. The lowest BCUT2D eigenvalue weighted by atomic mass is 10.1. The van der Waals surface area contributed by atoms with E-state index >= 15 is 0 Å². The van der Waals surface area contributed by atoms with Crippen LogP contribution in [0.15, 0.2) is 41.1 Å². The van der Waals surface area contributed by atoms with E-state index in [1.54, 1.807) is 0 Å². The number of rotatable bonds is 8. The Morgan fingerprint density at radius 3 is 2.89 bits per heavy atom. The molecular weight excluding hydrogens is 352 g/mol. The lowest BCUT2D eigenvalue weighted by molar-refractivity contribution is 0.236. The van der Waals surface area contributed by atoms with Gasteiger partial charge < -0.3 is 9.26 Å². The molecule has 1 fully saturated rings. The lowest BCUT2D eigenvalue weighted by Gasteiger charge is -2.22. The molecule has 0 bridgehead atoms. The molecule has 1 aliphatic heterocycles. The summed E-state index contributed by atoms with van der Waals surface area (Å²) >= 11 is 0. The van der Waals surface area contributed by atoms with Gasteiger partial charge >= 0.3 is 0 Å². The van der Waals surface area contributed by atoms with Crippen LogP contribution in [0.4, 0.5) is 0 Å². The van der Waals surface area contributed by atoms with Crippen LogP contribution in [0, 0.1) is 0 Å². The highest BCUT2D eigenvalue weighted by Crippen LogP contribution is 2.34. The maximum absolute atomic E-state index is 5.55. The predicted octanol–water partition coefficient (Wildman–Crippen LogP) is 4.75. The molecule has 1 N–H and O–H groups in total. The van der Waals surface area contributed by atoms with Gasteiger partial charge in [0.05, 0.1) is 24.5 Å². The number of nitrogens with one attached hydrogen (secondary N) is 1. The first-order chi connectivity index (χ1) is 13.8. The molecule has 3 aromatic rings. The molecular formula is C22H28N4O2. The van der Waals surface area contributed by atoms with Crippen LogP contribution in [0.1, 0.15) is 56.2 Å². The quantitative estimate of drug-likeness (QED) is 0.611. The molecule has 1 unspecified atom stereocenters. The number of H-pyrrole nitrogens is 1. The summed E-state index contributed by atoms with van der Waals surface area (Å²) in [6.45, 7) is 6.74. The fourth-order valence-corrected chi connectivity index (χ4v) is 3.98. The summed E-state index contributed by atoms with van der Waals surface area (Å²) in [6.07, 6.45) is 6.25. The molecule has 148 valence electrons. The molecule has 1 aliphatic rings. The van der Waals surface area contributed by atoms with E-state index in [9.17, 15) is 0 Å². The molecule has 1 aromatic carbocycles. The number of aromatic nitrogens is 3. The summed E-state index contributed by atoms with van der Waals surface area (Å²) in [6, 6.07) is 10.6. The minimum Gasteiger partial charge on any atom is -0.494 e. The van der Waals surface area contributed by atoms with Crippen LogP contribution >= 0.6 is 0 Å². The number of ether oxygens (including phenoxy) is 1. The zero-order chi connectivity index (χ0) is 19.3. The Balaban J connectivity index is 1.50. The van der Waals surface area contributed by atoms with E-state index in [1.807, 2.05) is 25.3 Å². The molecule has 0 radical (unpaired) electrons. The van der Waals surface area contributed by atoms with E-state index in [0.29, 0.717) is 12.6 Å². The Bertz CT molecular complexity index is 884. The van der Waals surface area contributed by atoms with Gasteiger partial charge in [-0.15, -0.1) is 0 Å². The number of hydrogen-bond acceptors (Lipinski definition) is 5. The van der Waals surface area contributed by atoms with Crippen molar-refractivity contribution in [1.29, 1.82) is 0 Å².